The fourth-order valence-corrected chi connectivity index (χ4v) is 4.87. The topological polar surface area (TPSA) is 57.2 Å². The number of thioether (sulfide) groups is 1. The molecule has 3 aromatic carbocycles. The zero-order chi connectivity index (χ0) is 24.3. The third-order valence-corrected chi connectivity index (χ3v) is 6.71. The van der Waals surface area contributed by atoms with Crippen LogP contribution in [0.15, 0.2) is 101 Å². The molecule has 6 heteroatoms. The molecule has 0 spiro atoms. The van der Waals surface area contributed by atoms with Crippen LogP contribution in [0.4, 0.5) is 11.4 Å². The van der Waals surface area contributed by atoms with Crippen molar-refractivity contribution in [2.45, 2.75) is 23.6 Å². The molecule has 0 fully saturated rings. The zero-order valence-electron chi connectivity index (χ0n) is 19.5. The summed E-state index contributed by atoms with van der Waals surface area (Å²) in [5.74, 6) is -0.212. The Hall–Kier alpha value is -2.93. The van der Waals surface area contributed by atoms with E-state index in [2.05, 4.69) is 61.0 Å². The largest absolute Gasteiger partial charge is 0.478 e. The second kappa shape index (κ2) is 13.1. The summed E-state index contributed by atoms with van der Waals surface area (Å²) in [6.07, 6.45) is 6.10. The van der Waals surface area contributed by atoms with Crippen molar-refractivity contribution in [3.63, 3.8) is 0 Å². The highest BCUT2D eigenvalue weighted by Crippen LogP contribution is 2.28. The molecule has 0 aliphatic heterocycles. The number of carboxylic acid groups (broad SMARTS) is 1. The van der Waals surface area contributed by atoms with Gasteiger partial charge in [0.1, 0.15) is 5.69 Å². The number of rotatable bonds is 11. The van der Waals surface area contributed by atoms with Gasteiger partial charge in [0.15, 0.2) is 0 Å². The lowest BCUT2D eigenvalue weighted by molar-refractivity contribution is -0.570. The first-order valence-electron chi connectivity index (χ1n) is 11.4. The Kier molecular flexibility index (Phi) is 9.89. The van der Waals surface area contributed by atoms with Gasteiger partial charge in [0.25, 0.3) is 0 Å². The van der Waals surface area contributed by atoms with Gasteiger partial charge in [-0.05, 0) is 55.3 Å². The molecule has 3 aromatic rings. The Morgan fingerprint density at radius 1 is 1.00 bits per heavy atom. The summed E-state index contributed by atoms with van der Waals surface area (Å²) in [4.78, 5) is 16.1. The number of hydrogen-bond donors (Lipinski definition) is 3. The molecular formula is C28H31N2O2S2+. The number of carboxylic acids is 1. The average Bonchev–Trinajstić information content (AvgIpc) is 2.85. The first-order valence-corrected chi connectivity index (χ1v) is 12.8. The minimum absolute atomic E-state index is 0.292. The van der Waals surface area contributed by atoms with Crippen molar-refractivity contribution in [3.8, 4) is 0 Å². The average molecular weight is 492 g/mol. The molecule has 0 aliphatic carbocycles. The maximum atomic E-state index is 11.9. The molecule has 4 nitrogen and oxygen atoms in total. The van der Waals surface area contributed by atoms with Gasteiger partial charge < -0.3 is 15.3 Å². The number of nitrogens with zero attached hydrogens (tertiary/aromatic N) is 1. The van der Waals surface area contributed by atoms with Crippen LogP contribution in [0.1, 0.15) is 29.8 Å². The van der Waals surface area contributed by atoms with Crippen molar-refractivity contribution in [1.82, 2.24) is 0 Å². The molecular weight excluding hydrogens is 460 g/mol. The Morgan fingerprint density at radius 3 is 2.38 bits per heavy atom. The summed E-state index contributed by atoms with van der Waals surface area (Å²) >= 11 is 6.35. The van der Waals surface area contributed by atoms with Crippen molar-refractivity contribution in [2.75, 3.05) is 23.7 Å². The maximum Gasteiger partial charge on any atom is 0.336 e. The fraction of sp³-hybridized carbons (Fsp3) is 0.179. The van der Waals surface area contributed by atoms with Crippen LogP contribution < -0.4 is 10.2 Å². The second-order valence-corrected chi connectivity index (χ2v) is 9.11. The molecule has 3 rings (SSSR count). The lowest BCUT2D eigenvalue weighted by Gasteiger charge is -2.20. The normalized spacial score (nSPS) is 11.7. The monoisotopic (exact) mass is 491 g/mol. The number of anilines is 1. The summed E-state index contributed by atoms with van der Waals surface area (Å²) in [6.45, 7) is 5.95. The Labute approximate surface area is 211 Å². The summed E-state index contributed by atoms with van der Waals surface area (Å²) in [5, 5.41) is 12.0. The second-order valence-electron chi connectivity index (χ2n) is 7.56. The minimum atomic E-state index is -0.932. The number of benzene rings is 3. The number of carbonyl (C=O) groups is 1. The summed E-state index contributed by atoms with van der Waals surface area (Å²) in [6, 6.07) is 23.5. The standard InChI is InChI=1S/C28H30N2O2S2/c1-3-29-24-13-7-10-16-27(24)34-20-18-21(22-11-5-6-12-23(22)28(31)32)17-19-30(4-2)25-14-8-9-15-26(25)33/h5-19,29,33H,3-4,20H2,1-2H3,(H,31,32)/p+1/b19-17+,21-18-. The highest BCUT2D eigenvalue weighted by atomic mass is 32.2. The number of quaternary nitrogens is 1. The lowest BCUT2D eigenvalue weighted by Crippen LogP contribution is -2.77. The van der Waals surface area contributed by atoms with Gasteiger partial charge in [-0.2, -0.15) is 0 Å². The van der Waals surface area contributed by atoms with E-state index >= 15 is 0 Å². The molecule has 0 bridgehead atoms. The van der Waals surface area contributed by atoms with Crippen LogP contribution in [0.25, 0.3) is 5.57 Å². The molecule has 3 N–H and O–H groups in total. The van der Waals surface area contributed by atoms with Gasteiger partial charge in [-0.1, -0.05) is 48.5 Å². The van der Waals surface area contributed by atoms with Crippen LogP contribution >= 0.6 is 24.4 Å². The molecule has 0 atom stereocenters. The van der Waals surface area contributed by atoms with Crippen LogP contribution in [-0.4, -0.2) is 29.9 Å². The van der Waals surface area contributed by atoms with Crippen LogP contribution in [-0.2, 0) is 0 Å². The number of para-hydroxylation sites is 2. The fourth-order valence-electron chi connectivity index (χ4n) is 3.64. The van der Waals surface area contributed by atoms with E-state index in [1.54, 1.807) is 23.9 Å². The molecule has 34 heavy (non-hydrogen) atoms. The van der Waals surface area contributed by atoms with Crippen LogP contribution in [0.2, 0.25) is 0 Å². The van der Waals surface area contributed by atoms with Crippen molar-refractivity contribution < 1.29 is 15.2 Å². The van der Waals surface area contributed by atoms with E-state index in [-0.39, 0.29) is 0 Å². The smallest absolute Gasteiger partial charge is 0.336 e. The number of nitrogens with two attached hydrogens (primary N) is 1. The SMILES string of the molecule is CC[NH2+]c1ccccc1SC/C=C(/C=C/N(CC)c1ccccc1S)c1ccccc1C(=O)O. The van der Waals surface area contributed by atoms with E-state index in [1.807, 2.05) is 54.7 Å². The van der Waals surface area contributed by atoms with Crippen LogP contribution in [0.5, 0.6) is 0 Å². The molecule has 0 radical (unpaired) electrons. The van der Waals surface area contributed by atoms with E-state index < -0.39 is 5.97 Å². The number of hydrogen-bond acceptors (Lipinski definition) is 4. The van der Waals surface area contributed by atoms with Gasteiger partial charge in [0.2, 0.25) is 0 Å². The number of allylic oxidation sites excluding steroid dienone is 2. The van der Waals surface area contributed by atoms with Gasteiger partial charge in [-0.15, -0.1) is 24.4 Å². The molecule has 0 aromatic heterocycles. The molecule has 0 unspecified atom stereocenters. The number of aromatic carboxylic acids is 1. The zero-order valence-corrected chi connectivity index (χ0v) is 21.2. The third kappa shape index (κ3) is 6.79. The highest BCUT2D eigenvalue weighted by molar-refractivity contribution is 7.99. The molecule has 0 amide bonds. The van der Waals surface area contributed by atoms with Gasteiger partial charge in [0, 0.05) is 29.5 Å². The van der Waals surface area contributed by atoms with E-state index in [0.29, 0.717) is 11.1 Å². The van der Waals surface area contributed by atoms with Crippen molar-refractivity contribution in [1.29, 1.82) is 0 Å². The minimum Gasteiger partial charge on any atom is -0.478 e. The summed E-state index contributed by atoms with van der Waals surface area (Å²) in [5.41, 5.74) is 4.11. The summed E-state index contributed by atoms with van der Waals surface area (Å²) in [7, 11) is 0. The van der Waals surface area contributed by atoms with E-state index in [9.17, 15) is 9.90 Å². The predicted molar refractivity (Wildman–Crippen MR) is 147 cm³/mol. The molecule has 0 saturated heterocycles. The van der Waals surface area contributed by atoms with Crippen LogP contribution in [0, 0.1) is 0 Å². The Bertz CT molecular complexity index is 1170. The first kappa shape index (κ1) is 25.7. The maximum absolute atomic E-state index is 11.9. The highest BCUT2D eigenvalue weighted by Gasteiger charge is 2.13. The van der Waals surface area contributed by atoms with Gasteiger partial charge in [-0.3, -0.25) is 0 Å². The Balaban J connectivity index is 1.94. The summed E-state index contributed by atoms with van der Waals surface area (Å²) < 4.78 is 0. The van der Waals surface area contributed by atoms with Crippen molar-refractivity contribution in [2.24, 2.45) is 0 Å². The Morgan fingerprint density at radius 2 is 1.68 bits per heavy atom. The van der Waals surface area contributed by atoms with E-state index in [4.69, 9.17) is 0 Å². The molecule has 176 valence electrons. The van der Waals surface area contributed by atoms with E-state index in [1.165, 1.54) is 10.6 Å². The molecule has 0 saturated carbocycles. The molecule has 0 aliphatic rings. The molecule has 0 heterocycles. The van der Waals surface area contributed by atoms with Crippen molar-refractivity contribution in [3.05, 3.63) is 102 Å². The third-order valence-electron chi connectivity index (χ3n) is 5.32. The van der Waals surface area contributed by atoms with Crippen LogP contribution in [0.3, 0.4) is 0 Å². The quantitative estimate of drug-likeness (QED) is 0.131. The van der Waals surface area contributed by atoms with Crippen molar-refractivity contribution >= 4 is 47.3 Å². The lowest BCUT2D eigenvalue weighted by atomic mass is 9.99. The predicted octanol–water partition coefficient (Wildman–Crippen LogP) is 6.10. The van der Waals surface area contributed by atoms with E-state index in [0.717, 1.165) is 35.0 Å². The van der Waals surface area contributed by atoms with Gasteiger partial charge >= 0.3 is 5.97 Å². The number of thiol groups is 1. The van der Waals surface area contributed by atoms with Gasteiger partial charge in [-0.25, -0.2) is 4.79 Å². The first-order chi connectivity index (χ1) is 16.5. The van der Waals surface area contributed by atoms with Gasteiger partial charge in [0.05, 0.1) is 22.7 Å².